The predicted molar refractivity (Wildman–Crippen MR) is 109 cm³/mol. The molecule has 0 saturated carbocycles. The quantitative estimate of drug-likeness (QED) is 0.550. The molecule has 5 rings (SSSR count). The minimum Gasteiger partial charge on any atom is -0.504 e. The van der Waals surface area contributed by atoms with Gasteiger partial charge in [0.1, 0.15) is 17.3 Å². The second-order valence-electron chi connectivity index (χ2n) is 6.64. The molecule has 0 bridgehead atoms. The number of phenolic OH excluding ortho intramolecular Hbond substituents is 1. The topological polar surface area (TPSA) is 88.4 Å². The summed E-state index contributed by atoms with van der Waals surface area (Å²) in [6.45, 7) is 0.976. The highest BCUT2D eigenvalue weighted by Crippen LogP contribution is 2.39. The fraction of sp³-hybridized carbons (Fsp3) is 0.143. The van der Waals surface area contributed by atoms with E-state index in [1.165, 1.54) is 18.6 Å². The molecular weight excluding hydrogens is 388 g/mol. The Kier molecular flexibility index (Phi) is 4.33. The minimum atomic E-state index is -0.223. The van der Waals surface area contributed by atoms with Gasteiger partial charge in [0.05, 0.1) is 23.0 Å². The Morgan fingerprint density at radius 1 is 1.21 bits per heavy atom. The smallest absolute Gasteiger partial charge is 0.274 e. The largest absolute Gasteiger partial charge is 0.504 e. The number of ether oxygens (including phenoxy) is 1. The standard InChI is InChI=1S/C21H16N4O3S/c26-17-10-13(20-24-15-3-1-2-4-18(15)29-20)9-14-12-25(7-8-28-19(14)17)21(27)16-11-22-5-6-23-16/h1-6,9-11,26H,7-8,12H2. The predicted octanol–water partition coefficient (Wildman–Crippen LogP) is 3.49. The molecule has 1 amide bonds. The van der Waals surface area contributed by atoms with Gasteiger partial charge in [-0.2, -0.15) is 0 Å². The van der Waals surface area contributed by atoms with E-state index < -0.39 is 0 Å². The Morgan fingerprint density at radius 2 is 2.10 bits per heavy atom. The fourth-order valence-corrected chi connectivity index (χ4v) is 4.32. The van der Waals surface area contributed by atoms with Crippen molar-refractivity contribution in [2.45, 2.75) is 6.54 Å². The van der Waals surface area contributed by atoms with Crippen LogP contribution in [0.2, 0.25) is 0 Å². The number of rotatable bonds is 2. The first kappa shape index (κ1) is 17.6. The van der Waals surface area contributed by atoms with Crippen molar-refractivity contribution in [3.63, 3.8) is 0 Å². The Morgan fingerprint density at radius 3 is 2.93 bits per heavy atom. The molecule has 3 heterocycles. The molecule has 2 aromatic carbocycles. The van der Waals surface area contributed by atoms with Gasteiger partial charge < -0.3 is 14.7 Å². The van der Waals surface area contributed by atoms with E-state index in [0.717, 1.165) is 26.4 Å². The minimum absolute atomic E-state index is 0.0468. The van der Waals surface area contributed by atoms with E-state index in [2.05, 4.69) is 15.0 Å². The lowest BCUT2D eigenvalue weighted by molar-refractivity contribution is 0.0726. The Labute approximate surface area is 170 Å². The van der Waals surface area contributed by atoms with Crippen molar-refractivity contribution in [3.05, 3.63) is 66.2 Å². The first-order chi connectivity index (χ1) is 14.2. The molecule has 4 aromatic rings. The van der Waals surface area contributed by atoms with Gasteiger partial charge in [0.25, 0.3) is 5.91 Å². The van der Waals surface area contributed by atoms with Crippen LogP contribution in [-0.4, -0.2) is 44.0 Å². The molecule has 1 aliphatic heterocycles. The van der Waals surface area contributed by atoms with Crippen LogP contribution >= 0.6 is 11.3 Å². The summed E-state index contributed by atoms with van der Waals surface area (Å²) in [5.74, 6) is 0.231. The number of carbonyl (C=O) groups is 1. The second kappa shape index (κ2) is 7.14. The molecule has 1 aliphatic rings. The van der Waals surface area contributed by atoms with Crippen LogP contribution in [0, 0.1) is 0 Å². The van der Waals surface area contributed by atoms with Gasteiger partial charge in [-0.25, -0.2) is 9.97 Å². The molecule has 7 nitrogen and oxygen atoms in total. The fourth-order valence-electron chi connectivity index (χ4n) is 3.36. The van der Waals surface area contributed by atoms with Crippen LogP contribution < -0.4 is 4.74 Å². The van der Waals surface area contributed by atoms with Crippen molar-refractivity contribution in [1.82, 2.24) is 19.9 Å². The third-order valence-electron chi connectivity index (χ3n) is 4.73. The van der Waals surface area contributed by atoms with Gasteiger partial charge in [-0.1, -0.05) is 12.1 Å². The molecule has 0 atom stereocenters. The normalized spacial score (nSPS) is 13.6. The van der Waals surface area contributed by atoms with E-state index in [1.54, 1.807) is 22.3 Å². The maximum Gasteiger partial charge on any atom is 0.274 e. The summed E-state index contributed by atoms with van der Waals surface area (Å²) in [6.07, 6.45) is 4.47. The maximum absolute atomic E-state index is 12.8. The van der Waals surface area contributed by atoms with Gasteiger partial charge in [-0.05, 0) is 24.3 Å². The van der Waals surface area contributed by atoms with Crippen LogP contribution in [0.15, 0.2) is 55.0 Å². The molecule has 0 aliphatic carbocycles. The van der Waals surface area contributed by atoms with Crippen LogP contribution in [0.5, 0.6) is 11.5 Å². The summed E-state index contributed by atoms with van der Waals surface area (Å²) in [6, 6.07) is 11.5. The number of phenols is 1. The summed E-state index contributed by atoms with van der Waals surface area (Å²) in [5.41, 5.74) is 2.72. The average molecular weight is 404 g/mol. The van der Waals surface area contributed by atoms with Crippen molar-refractivity contribution in [1.29, 1.82) is 0 Å². The third kappa shape index (κ3) is 3.27. The Bertz CT molecular complexity index is 1180. The number of fused-ring (bicyclic) bond motifs is 2. The lowest BCUT2D eigenvalue weighted by atomic mass is 10.1. The number of nitrogens with zero attached hydrogens (tertiary/aromatic N) is 4. The summed E-state index contributed by atoms with van der Waals surface area (Å²) < 4.78 is 6.82. The van der Waals surface area contributed by atoms with E-state index in [1.807, 2.05) is 30.3 Å². The molecule has 0 radical (unpaired) electrons. The van der Waals surface area contributed by atoms with E-state index in [4.69, 9.17) is 4.74 Å². The van der Waals surface area contributed by atoms with Crippen LogP contribution in [0.25, 0.3) is 20.8 Å². The number of para-hydroxylation sites is 1. The number of carbonyl (C=O) groups excluding carboxylic acids is 1. The molecular formula is C21H16N4O3S. The number of hydrogen-bond donors (Lipinski definition) is 1. The van der Waals surface area contributed by atoms with E-state index in [-0.39, 0.29) is 24.0 Å². The van der Waals surface area contributed by atoms with Gasteiger partial charge in [-0.3, -0.25) is 9.78 Å². The van der Waals surface area contributed by atoms with Crippen molar-refractivity contribution >= 4 is 27.5 Å². The summed E-state index contributed by atoms with van der Waals surface area (Å²) in [5, 5.41) is 11.4. The molecule has 144 valence electrons. The van der Waals surface area contributed by atoms with Gasteiger partial charge in [0.2, 0.25) is 0 Å². The second-order valence-corrected chi connectivity index (χ2v) is 7.67. The lowest BCUT2D eigenvalue weighted by Gasteiger charge is -2.19. The van der Waals surface area contributed by atoms with Crippen molar-refractivity contribution in [3.8, 4) is 22.1 Å². The molecule has 8 heteroatoms. The number of aromatic nitrogens is 3. The third-order valence-corrected chi connectivity index (χ3v) is 5.81. The zero-order chi connectivity index (χ0) is 19.8. The van der Waals surface area contributed by atoms with Crippen LogP contribution in [0.1, 0.15) is 16.1 Å². The molecule has 2 aromatic heterocycles. The SMILES string of the molecule is O=C(c1cnccn1)N1CCOc2c(O)cc(-c3nc4ccccc4s3)cc2C1. The number of amides is 1. The Hall–Kier alpha value is -3.52. The first-order valence-corrected chi connectivity index (χ1v) is 9.90. The summed E-state index contributed by atoms with van der Waals surface area (Å²) >= 11 is 1.56. The molecule has 0 spiro atoms. The summed E-state index contributed by atoms with van der Waals surface area (Å²) in [4.78, 5) is 27.2. The zero-order valence-electron chi connectivity index (χ0n) is 15.3. The highest BCUT2D eigenvalue weighted by molar-refractivity contribution is 7.21. The van der Waals surface area contributed by atoms with Gasteiger partial charge in [-0.15, -0.1) is 11.3 Å². The van der Waals surface area contributed by atoms with Gasteiger partial charge in [0.15, 0.2) is 11.5 Å². The van der Waals surface area contributed by atoms with Crippen molar-refractivity contribution < 1.29 is 14.6 Å². The molecule has 0 saturated heterocycles. The molecule has 0 fully saturated rings. The average Bonchev–Trinajstić information content (AvgIpc) is 3.07. The number of benzene rings is 2. The van der Waals surface area contributed by atoms with Crippen molar-refractivity contribution in [2.24, 2.45) is 0 Å². The highest BCUT2D eigenvalue weighted by Gasteiger charge is 2.25. The van der Waals surface area contributed by atoms with E-state index >= 15 is 0 Å². The Balaban J connectivity index is 1.52. The number of thiazole rings is 1. The van der Waals surface area contributed by atoms with E-state index in [0.29, 0.717) is 18.8 Å². The number of hydrogen-bond acceptors (Lipinski definition) is 7. The highest BCUT2D eigenvalue weighted by atomic mass is 32.1. The molecule has 0 unspecified atom stereocenters. The molecule has 1 N–H and O–H groups in total. The van der Waals surface area contributed by atoms with E-state index in [9.17, 15) is 9.90 Å². The van der Waals surface area contributed by atoms with Crippen LogP contribution in [0.4, 0.5) is 0 Å². The first-order valence-electron chi connectivity index (χ1n) is 9.09. The monoisotopic (exact) mass is 404 g/mol. The summed E-state index contributed by atoms with van der Waals surface area (Å²) in [7, 11) is 0. The lowest BCUT2D eigenvalue weighted by Crippen LogP contribution is -2.33. The van der Waals surface area contributed by atoms with Crippen LogP contribution in [-0.2, 0) is 6.54 Å². The number of aromatic hydroxyl groups is 1. The van der Waals surface area contributed by atoms with Crippen molar-refractivity contribution in [2.75, 3.05) is 13.2 Å². The van der Waals surface area contributed by atoms with Gasteiger partial charge >= 0.3 is 0 Å². The molecule has 29 heavy (non-hydrogen) atoms. The maximum atomic E-state index is 12.8. The zero-order valence-corrected chi connectivity index (χ0v) is 16.1. The van der Waals surface area contributed by atoms with Gasteiger partial charge in [0, 0.05) is 30.1 Å². The van der Waals surface area contributed by atoms with Crippen LogP contribution in [0.3, 0.4) is 0 Å².